The maximum absolute atomic E-state index is 6.76. The lowest BCUT2D eigenvalue weighted by atomic mass is 9.84. The highest BCUT2D eigenvalue weighted by Gasteiger charge is 2.23. The second-order valence-corrected chi connectivity index (χ2v) is 14.3. The van der Waals surface area contributed by atoms with Crippen LogP contribution >= 0.6 is 0 Å². The topological polar surface area (TPSA) is 13.1 Å². The molecule has 0 unspecified atom stereocenters. The number of rotatable bonds is 5. The summed E-state index contributed by atoms with van der Waals surface area (Å²) in [5.74, 6) is 0. The van der Waals surface area contributed by atoms with Gasteiger partial charge in [0, 0.05) is 21.9 Å². The first kappa shape index (κ1) is 31.3. The normalized spacial score (nSPS) is 11.6. The van der Waals surface area contributed by atoms with Crippen molar-refractivity contribution in [3.05, 3.63) is 206 Å². The van der Waals surface area contributed by atoms with Crippen LogP contribution in [0.25, 0.3) is 110 Å². The maximum Gasteiger partial charge on any atom is 0.144 e. The fourth-order valence-electron chi connectivity index (χ4n) is 8.86. The first-order chi connectivity index (χ1) is 27.3. The molecule has 256 valence electrons. The predicted octanol–water partition coefficient (Wildman–Crippen LogP) is 15.4. The number of furan rings is 1. The zero-order valence-electron chi connectivity index (χ0n) is 30.0. The lowest BCUT2D eigenvalue weighted by Crippen LogP contribution is -1.92. The highest BCUT2D eigenvalue weighted by atomic mass is 16.3. The summed E-state index contributed by atoms with van der Waals surface area (Å²) in [5.41, 5.74) is 13.8. The molecule has 0 aliphatic carbocycles. The third-order valence-corrected chi connectivity index (χ3v) is 11.3. The Kier molecular flexibility index (Phi) is 7.25. The molecule has 0 amide bonds. The monoisotopic (exact) mass is 698 g/mol. The lowest BCUT2D eigenvalue weighted by molar-refractivity contribution is 0.670. The van der Waals surface area contributed by atoms with Crippen LogP contribution in [-0.4, -0.2) is 0 Å². The van der Waals surface area contributed by atoms with Gasteiger partial charge in [-0.3, -0.25) is 0 Å². The van der Waals surface area contributed by atoms with E-state index in [4.69, 9.17) is 4.42 Å². The van der Waals surface area contributed by atoms with Crippen LogP contribution in [0.15, 0.2) is 211 Å². The molecule has 1 aromatic heterocycles. The van der Waals surface area contributed by atoms with E-state index >= 15 is 0 Å². The Morgan fingerprint density at radius 3 is 1.24 bits per heavy atom. The minimum atomic E-state index is 0.904. The summed E-state index contributed by atoms with van der Waals surface area (Å²) in [6, 6.07) is 74.6. The van der Waals surface area contributed by atoms with E-state index in [9.17, 15) is 0 Å². The van der Waals surface area contributed by atoms with E-state index in [2.05, 4.69) is 206 Å². The van der Waals surface area contributed by atoms with Gasteiger partial charge in [-0.2, -0.15) is 0 Å². The molecular weight excluding hydrogens is 665 g/mol. The molecule has 0 spiro atoms. The first-order valence-electron chi connectivity index (χ1n) is 18.9. The van der Waals surface area contributed by atoms with E-state index in [-0.39, 0.29) is 0 Å². The summed E-state index contributed by atoms with van der Waals surface area (Å²) in [6.45, 7) is 0. The van der Waals surface area contributed by atoms with Crippen molar-refractivity contribution in [2.24, 2.45) is 0 Å². The Morgan fingerprint density at radius 1 is 0.236 bits per heavy atom. The molecule has 0 fully saturated rings. The third-order valence-electron chi connectivity index (χ3n) is 11.3. The Labute approximate surface area is 319 Å². The highest BCUT2D eigenvalue weighted by molar-refractivity contribution is 6.27. The van der Waals surface area contributed by atoms with Crippen molar-refractivity contribution in [2.45, 2.75) is 0 Å². The van der Waals surface area contributed by atoms with Crippen molar-refractivity contribution < 1.29 is 4.42 Å². The lowest BCUT2D eigenvalue weighted by Gasteiger charge is -2.19. The minimum absolute atomic E-state index is 0.904. The predicted molar refractivity (Wildman–Crippen MR) is 233 cm³/mol. The molecule has 1 heterocycles. The molecule has 0 atom stereocenters. The molecule has 1 nitrogen and oxygen atoms in total. The fourth-order valence-corrected chi connectivity index (χ4v) is 8.86. The van der Waals surface area contributed by atoms with Crippen LogP contribution in [0.5, 0.6) is 0 Å². The zero-order valence-corrected chi connectivity index (χ0v) is 30.0. The summed E-state index contributed by atoms with van der Waals surface area (Å²) in [7, 11) is 0. The summed E-state index contributed by atoms with van der Waals surface area (Å²) in [4.78, 5) is 0. The number of benzene rings is 10. The molecule has 0 radical (unpaired) electrons. The van der Waals surface area contributed by atoms with Gasteiger partial charge in [-0.25, -0.2) is 0 Å². The minimum Gasteiger partial charge on any atom is -0.455 e. The standard InChI is InChI=1S/C54H34O/c1-4-16-36(17-5-1)49-41-22-10-11-23-42(41)50(37-18-6-2-7-19-37)47-34-40(32-33-45(47)49)35-28-30-39(31-29-35)51-43-24-12-13-25-44(43)53-46-26-14-15-27-48(46)55-54(53)52(51)38-20-8-3-9-21-38/h1-34H. The Hall–Kier alpha value is -7.22. The molecule has 0 aliphatic rings. The SMILES string of the molecule is c1ccc(-c2c3ccccc3c(-c3ccccc3)c3cc(-c4ccc(-c5c(-c6ccccc6)c6oc7ccccc7c6c6ccccc56)cc4)ccc23)cc1. The molecular formula is C54H34O. The molecule has 11 aromatic rings. The summed E-state index contributed by atoms with van der Waals surface area (Å²) in [5, 5.41) is 9.74. The summed E-state index contributed by atoms with van der Waals surface area (Å²) >= 11 is 0. The highest BCUT2D eigenvalue weighted by Crippen LogP contribution is 2.49. The molecule has 0 aliphatic heterocycles. The van der Waals surface area contributed by atoms with Crippen molar-refractivity contribution in [1.29, 1.82) is 0 Å². The number of hydrogen-bond acceptors (Lipinski definition) is 1. The molecule has 0 saturated carbocycles. The van der Waals surface area contributed by atoms with E-state index in [1.165, 1.54) is 76.6 Å². The van der Waals surface area contributed by atoms with Gasteiger partial charge >= 0.3 is 0 Å². The zero-order chi connectivity index (χ0) is 36.3. The van der Waals surface area contributed by atoms with E-state index < -0.39 is 0 Å². The van der Waals surface area contributed by atoms with Gasteiger partial charge in [0.1, 0.15) is 11.2 Å². The van der Waals surface area contributed by atoms with Crippen LogP contribution in [0.1, 0.15) is 0 Å². The maximum atomic E-state index is 6.76. The van der Waals surface area contributed by atoms with Gasteiger partial charge in [0.2, 0.25) is 0 Å². The largest absolute Gasteiger partial charge is 0.455 e. The molecule has 1 heteroatoms. The first-order valence-corrected chi connectivity index (χ1v) is 18.9. The second kappa shape index (κ2) is 12.7. The molecule has 11 rings (SSSR count). The number of fused-ring (bicyclic) bond motifs is 7. The molecule has 0 saturated heterocycles. The van der Waals surface area contributed by atoms with Crippen molar-refractivity contribution in [2.75, 3.05) is 0 Å². The fraction of sp³-hybridized carbons (Fsp3) is 0. The Morgan fingerprint density at radius 2 is 0.636 bits per heavy atom. The molecule has 0 N–H and O–H groups in total. The average Bonchev–Trinajstić information content (AvgIpc) is 3.65. The number of hydrogen-bond donors (Lipinski definition) is 0. The van der Waals surface area contributed by atoms with Crippen LogP contribution in [0.4, 0.5) is 0 Å². The quantitative estimate of drug-likeness (QED) is 0.163. The summed E-state index contributed by atoms with van der Waals surface area (Å²) in [6.07, 6.45) is 0. The smallest absolute Gasteiger partial charge is 0.144 e. The van der Waals surface area contributed by atoms with Gasteiger partial charge in [0.15, 0.2) is 0 Å². The van der Waals surface area contributed by atoms with Crippen molar-refractivity contribution in [1.82, 2.24) is 0 Å². The van der Waals surface area contributed by atoms with Crippen LogP contribution in [-0.2, 0) is 0 Å². The van der Waals surface area contributed by atoms with Gasteiger partial charge in [-0.05, 0) is 89.0 Å². The van der Waals surface area contributed by atoms with E-state index in [1.807, 2.05) is 0 Å². The Bertz CT molecular complexity index is 3210. The van der Waals surface area contributed by atoms with Gasteiger partial charge in [-0.15, -0.1) is 0 Å². The average molecular weight is 699 g/mol. The second-order valence-electron chi connectivity index (χ2n) is 14.3. The van der Waals surface area contributed by atoms with E-state index in [0.717, 1.165) is 33.2 Å². The van der Waals surface area contributed by atoms with Crippen LogP contribution in [0.2, 0.25) is 0 Å². The molecule has 0 bridgehead atoms. The van der Waals surface area contributed by atoms with Gasteiger partial charge in [0.25, 0.3) is 0 Å². The van der Waals surface area contributed by atoms with Gasteiger partial charge in [-0.1, -0.05) is 194 Å². The van der Waals surface area contributed by atoms with Gasteiger partial charge in [0.05, 0.1) is 0 Å². The Balaban J connectivity index is 1.14. The number of para-hydroxylation sites is 1. The van der Waals surface area contributed by atoms with Crippen LogP contribution in [0.3, 0.4) is 0 Å². The van der Waals surface area contributed by atoms with Crippen LogP contribution in [0, 0.1) is 0 Å². The van der Waals surface area contributed by atoms with Crippen LogP contribution < -0.4 is 0 Å². The van der Waals surface area contributed by atoms with Crippen molar-refractivity contribution in [3.63, 3.8) is 0 Å². The van der Waals surface area contributed by atoms with E-state index in [1.54, 1.807) is 0 Å². The van der Waals surface area contributed by atoms with Crippen molar-refractivity contribution in [3.8, 4) is 55.6 Å². The van der Waals surface area contributed by atoms with Gasteiger partial charge < -0.3 is 4.42 Å². The molecule has 10 aromatic carbocycles. The van der Waals surface area contributed by atoms with E-state index in [0.29, 0.717) is 0 Å². The molecule has 55 heavy (non-hydrogen) atoms. The third kappa shape index (κ3) is 5.01. The summed E-state index contributed by atoms with van der Waals surface area (Å²) < 4.78 is 6.76. The van der Waals surface area contributed by atoms with Crippen molar-refractivity contribution >= 4 is 54.3 Å².